The molecule has 0 amide bonds. The molecule has 0 spiro atoms. The van der Waals surface area contributed by atoms with Crippen LogP contribution < -0.4 is 9.47 Å². The Bertz CT molecular complexity index is 433. The van der Waals surface area contributed by atoms with E-state index in [0.717, 1.165) is 23.3 Å². The Labute approximate surface area is 117 Å². The molecule has 0 aromatic heterocycles. The molecule has 1 aliphatic carbocycles. The van der Waals surface area contributed by atoms with Crippen LogP contribution in [-0.2, 0) is 0 Å². The van der Waals surface area contributed by atoms with Crippen LogP contribution in [0.2, 0.25) is 0 Å². The summed E-state index contributed by atoms with van der Waals surface area (Å²) in [5.41, 5.74) is 1.32. The zero-order valence-corrected chi connectivity index (χ0v) is 12.3. The second kappa shape index (κ2) is 5.12. The molecule has 1 fully saturated rings. The maximum atomic E-state index is 5.66. The largest absolute Gasteiger partial charge is 0.486 e. The average molecular weight is 311 g/mol. The van der Waals surface area contributed by atoms with Gasteiger partial charge in [-0.05, 0) is 36.0 Å². The lowest BCUT2D eigenvalue weighted by molar-refractivity contribution is 0.171. The first-order valence-corrected chi connectivity index (χ1v) is 7.71. The summed E-state index contributed by atoms with van der Waals surface area (Å²) in [6, 6.07) is 6.34. The number of benzene rings is 1. The van der Waals surface area contributed by atoms with Crippen LogP contribution in [0, 0.1) is 11.8 Å². The van der Waals surface area contributed by atoms with E-state index < -0.39 is 0 Å². The number of rotatable bonds is 2. The number of hydrogen-bond acceptors (Lipinski definition) is 2. The summed E-state index contributed by atoms with van der Waals surface area (Å²) < 4.78 is 11.2. The van der Waals surface area contributed by atoms with Gasteiger partial charge in [-0.15, -0.1) is 0 Å². The van der Waals surface area contributed by atoms with E-state index >= 15 is 0 Å². The van der Waals surface area contributed by atoms with Crippen molar-refractivity contribution in [3.63, 3.8) is 0 Å². The Hall–Kier alpha value is -0.700. The van der Waals surface area contributed by atoms with Gasteiger partial charge >= 0.3 is 0 Å². The van der Waals surface area contributed by atoms with Crippen molar-refractivity contribution in [2.24, 2.45) is 11.8 Å². The first kappa shape index (κ1) is 12.3. The van der Waals surface area contributed by atoms with Gasteiger partial charge in [-0.25, -0.2) is 0 Å². The van der Waals surface area contributed by atoms with Crippen molar-refractivity contribution in [3.05, 3.63) is 23.8 Å². The molecule has 2 aliphatic rings. The minimum atomic E-state index is 0.436. The number of ether oxygens (including phenoxy) is 2. The van der Waals surface area contributed by atoms with Gasteiger partial charge < -0.3 is 9.47 Å². The lowest BCUT2D eigenvalue weighted by Crippen LogP contribution is -2.16. The van der Waals surface area contributed by atoms with Crippen molar-refractivity contribution in [2.75, 3.05) is 13.2 Å². The third-order valence-corrected chi connectivity index (χ3v) is 5.40. The minimum absolute atomic E-state index is 0.436. The Balaban J connectivity index is 1.83. The van der Waals surface area contributed by atoms with E-state index in [0.29, 0.717) is 18.0 Å². The second-order valence-electron chi connectivity index (χ2n) is 5.38. The van der Waals surface area contributed by atoms with E-state index in [4.69, 9.17) is 9.47 Å². The molecule has 3 rings (SSSR count). The van der Waals surface area contributed by atoms with Crippen LogP contribution in [-0.4, -0.2) is 13.2 Å². The molecule has 0 saturated heterocycles. The molecule has 3 atom stereocenters. The fraction of sp³-hybridized carbons (Fsp3) is 0.600. The molecule has 2 nitrogen and oxygen atoms in total. The summed E-state index contributed by atoms with van der Waals surface area (Å²) in [6.45, 7) is 3.68. The number of fused-ring (bicyclic) bond motifs is 1. The molecule has 1 aromatic carbocycles. The Morgan fingerprint density at radius 3 is 2.67 bits per heavy atom. The van der Waals surface area contributed by atoms with Gasteiger partial charge in [0.05, 0.1) is 0 Å². The number of hydrogen-bond donors (Lipinski definition) is 0. The minimum Gasteiger partial charge on any atom is -0.486 e. The van der Waals surface area contributed by atoms with Crippen LogP contribution in [0.5, 0.6) is 11.5 Å². The Morgan fingerprint density at radius 2 is 1.94 bits per heavy atom. The van der Waals surface area contributed by atoms with Crippen LogP contribution >= 0.6 is 15.9 Å². The fourth-order valence-electron chi connectivity index (χ4n) is 3.09. The van der Waals surface area contributed by atoms with Crippen LogP contribution in [0.15, 0.2) is 18.2 Å². The molecule has 1 saturated carbocycles. The van der Waals surface area contributed by atoms with Gasteiger partial charge in [0.25, 0.3) is 0 Å². The second-order valence-corrected chi connectivity index (χ2v) is 6.36. The Kier molecular flexibility index (Phi) is 3.51. The van der Waals surface area contributed by atoms with E-state index in [-0.39, 0.29) is 0 Å². The quantitative estimate of drug-likeness (QED) is 0.757. The summed E-state index contributed by atoms with van der Waals surface area (Å²) in [6.07, 6.45) is 4.04. The summed E-state index contributed by atoms with van der Waals surface area (Å²) in [7, 11) is 0. The maximum Gasteiger partial charge on any atom is 0.161 e. The van der Waals surface area contributed by atoms with Crippen LogP contribution in [0.1, 0.15) is 36.6 Å². The zero-order valence-electron chi connectivity index (χ0n) is 10.7. The van der Waals surface area contributed by atoms with Crippen molar-refractivity contribution >= 4 is 15.9 Å². The van der Waals surface area contributed by atoms with Gasteiger partial charge in [0.2, 0.25) is 0 Å². The molecule has 1 aliphatic heterocycles. The van der Waals surface area contributed by atoms with Crippen molar-refractivity contribution in [1.29, 1.82) is 0 Å². The van der Waals surface area contributed by atoms with Gasteiger partial charge in [-0.2, -0.15) is 0 Å². The highest BCUT2D eigenvalue weighted by atomic mass is 79.9. The van der Waals surface area contributed by atoms with Crippen molar-refractivity contribution in [1.82, 2.24) is 0 Å². The zero-order chi connectivity index (χ0) is 12.5. The number of alkyl halides is 1. The lowest BCUT2D eigenvalue weighted by Gasteiger charge is -2.24. The summed E-state index contributed by atoms with van der Waals surface area (Å²) in [4.78, 5) is 0.436. The Morgan fingerprint density at radius 1 is 1.17 bits per heavy atom. The van der Waals surface area contributed by atoms with E-state index in [1.807, 2.05) is 6.07 Å². The van der Waals surface area contributed by atoms with E-state index in [1.54, 1.807) is 0 Å². The first-order valence-electron chi connectivity index (χ1n) is 6.79. The normalized spacial score (nSPS) is 28.1. The predicted molar refractivity (Wildman–Crippen MR) is 75.6 cm³/mol. The third kappa shape index (κ3) is 2.25. The third-order valence-electron chi connectivity index (χ3n) is 4.19. The standard InChI is InChI=1S/C15H19BrO2/c1-10-3-2-4-12(10)15(16)11-5-6-13-14(9-11)18-8-7-17-13/h5-6,9-10,12,15H,2-4,7-8H2,1H3. The molecule has 98 valence electrons. The van der Waals surface area contributed by atoms with Gasteiger partial charge in [0.1, 0.15) is 13.2 Å². The average Bonchev–Trinajstić information content (AvgIpc) is 2.83. The van der Waals surface area contributed by atoms with E-state index in [9.17, 15) is 0 Å². The molecule has 3 unspecified atom stereocenters. The SMILES string of the molecule is CC1CCCC1C(Br)c1ccc2c(c1)OCCO2. The van der Waals surface area contributed by atoms with Crippen LogP contribution in [0.25, 0.3) is 0 Å². The van der Waals surface area contributed by atoms with Gasteiger partial charge in [0.15, 0.2) is 11.5 Å². The van der Waals surface area contributed by atoms with Crippen molar-refractivity contribution in [3.8, 4) is 11.5 Å². The van der Waals surface area contributed by atoms with E-state index in [1.165, 1.54) is 24.8 Å². The highest BCUT2D eigenvalue weighted by Crippen LogP contribution is 2.46. The molecule has 3 heteroatoms. The molecular formula is C15H19BrO2. The van der Waals surface area contributed by atoms with Gasteiger partial charge in [-0.1, -0.05) is 41.8 Å². The maximum absolute atomic E-state index is 5.66. The number of halogens is 1. The van der Waals surface area contributed by atoms with Crippen molar-refractivity contribution in [2.45, 2.75) is 31.0 Å². The summed E-state index contributed by atoms with van der Waals surface area (Å²) >= 11 is 3.88. The highest BCUT2D eigenvalue weighted by Gasteiger charge is 2.30. The van der Waals surface area contributed by atoms with Gasteiger partial charge in [0, 0.05) is 4.83 Å². The molecule has 1 aromatic rings. The van der Waals surface area contributed by atoms with E-state index in [2.05, 4.69) is 35.0 Å². The molecule has 0 N–H and O–H groups in total. The lowest BCUT2D eigenvalue weighted by atomic mass is 9.90. The molecule has 0 radical (unpaired) electrons. The topological polar surface area (TPSA) is 18.5 Å². The molecule has 0 bridgehead atoms. The highest BCUT2D eigenvalue weighted by molar-refractivity contribution is 9.09. The first-order chi connectivity index (χ1) is 8.75. The predicted octanol–water partition coefficient (Wildman–Crippen LogP) is 4.33. The van der Waals surface area contributed by atoms with Crippen LogP contribution in [0.3, 0.4) is 0 Å². The monoisotopic (exact) mass is 310 g/mol. The summed E-state index contributed by atoms with van der Waals surface area (Å²) in [5, 5.41) is 0. The molecule has 1 heterocycles. The van der Waals surface area contributed by atoms with Crippen molar-refractivity contribution < 1.29 is 9.47 Å². The van der Waals surface area contributed by atoms with Gasteiger partial charge in [-0.3, -0.25) is 0 Å². The molecule has 18 heavy (non-hydrogen) atoms. The summed E-state index contributed by atoms with van der Waals surface area (Å²) in [5.74, 6) is 3.33. The smallest absolute Gasteiger partial charge is 0.161 e. The van der Waals surface area contributed by atoms with Crippen LogP contribution in [0.4, 0.5) is 0 Å². The molecular weight excluding hydrogens is 292 g/mol. The fourth-order valence-corrected chi connectivity index (χ4v) is 4.16.